The molecule has 0 saturated carbocycles. The zero-order chi connectivity index (χ0) is 8.74. The number of rotatable bonds is 6. The molecule has 0 fully saturated rings. The lowest BCUT2D eigenvalue weighted by Gasteiger charge is -2.21. The van der Waals surface area contributed by atoms with Crippen LogP contribution in [0.5, 0.6) is 0 Å². The number of aliphatic hydroxyl groups is 1. The Morgan fingerprint density at radius 3 is 2.18 bits per heavy atom. The first-order valence-electron chi connectivity index (χ1n) is 3.53. The monoisotopic (exact) mass is 180 g/mol. The smallest absolute Gasteiger partial charge is 0.396 e. The first-order chi connectivity index (χ1) is 5.18. The van der Waals surface area contributed by atoms with Gasteiger partial charge in [-0.1, -0.05) is 0 Å². The van der Waals surface area contributed by atoms with Crippen molar-refractivity contribution in [3.8, 4) is 0 Å². The molecule has 1 N–H and O–H groups in total. The SMILES string of the molecule is CO[Si](C)(OC)OCCCO. The summed E-state index contributed by atoms with van der Waals surface area (Å²) < 4.78 is 15.4. The van der Waals surface area contributed by atoms with Gasteiger partial charge in [0.1, 0.15) is 0 Å². The van der Waals surface area contributed by atoms with E-state index in [2.05, 4.69) is 0 Å². The lowest BCUT2D eigenvalue weighted by Crippen LogP contribution is -2.40. The molecule has 68 valence electrons. The van der Waals surface area contributed by atoms with E-state index in [1.807, 2.05) is 6.55 Å². The molecule has 0 aliphatic carbocycles. The highest BCUT2D eigenvalue weighted by Crippen LogP contribution is 2.05. The summed E-state index contributed by atoms with van der Waals surface area (Å²) in [7, 11) is 0.783. The van der Waals surface area contributed by atoms with Gasteiger partial charge in [0, 0.05) is 34.0 Å². The topological polar surface area (TPSA) is 47.9 Å². The van der Waals surface area contributed by atoms with Crippen molar-refractivity contribution >= 4 is 8.80 Å². The molecule has 11 heavy (non-hydrogen) atoms. The van der Waals surface area contributed by atoms with Crippen LogP contribution in [0, 0.1) is 0 Å². The summed E-state index contributed by atoms with van der Waals surface area (Å²) in [5.41, 5.74) is 0. The zero-order valence-corrected chi connectivity index (χ0v) is 8.29. The van der Waals surface area contributed by atoms with E-state index in [1.54, 1.807) is 14.2 Å². The minimum absolute atomic E-state index is 0.137. The van der Waals surface area contributed by atoms with E-state index in [1.165, 1.54) is 0 Å². The Morgan fingerprint density at radius 1 is 1.27 bits per heavy atom. The Kier molecular flexibility index (Phi) is 5.70. The van der Waals surface area contributed by atoms with Gasteiger partial charge in [-0.3, -0.25) is 0 Å². The van der Waals surface area contributed by atoms with Crippen LogP contribution in [0.1, 0.15) is 6.42 Å². The maximum absolute atomic E-state index is 8.46. The van der Waals surface area contributed by atoms with E-state index in [-0.39, 0.29) is 6.61 Å². The lowest BCUT2D eigenvalue weighted by atomic mass is 10.5. The van der Waals surface area contributed by atoms with Crippen molar-refractivity contribution in [3.63, 3.8) is 0 Å². The summed E-state index contributed by atoms with van der Waals surface area (Å²) in [6.07, 6.45) is 0.620. The predicted octanol–water partition coefficient (Wildman–Crippen LogP) is 0.247. The van der Waals surface area contributed by atoms with Crippen LogP contribution in [0.4, 0.5) is 0 Å². The van der Waals surface area contributed by atoms with Crippen LogP contribution >= 0.6 is 0 Å². The fourth-order valence-electron chi connectivity index (χ4n) is 0.523. The van der Waals surface area contributed by atoms with Gasteiger partial charge in [-0.2, -0.15) is 0 Å². The highest BCUT2D eigenvalue weighted by molar-refractivity contribution is 6.59. The van der Waals surface area contributed by atoms with Crippen LogP contribution in [0.2, 0.25) is 6.55 Å². The van der Waals surface area contributed by atoms with Crippen molar-refractivity contribution in [1.82, 2.24) is 0 Å². The highest BCUT2D eigenvalue weighted by atomic mass is 28.4. The van der Waals surface area contributed by atoms with Crippen LogP contribution in [-0.4, -0.2) is 41.3 Å². The second-order valence-corrected chi connectivity index (χ2v) is 5.03. The first kappa shape index (κ1) is 11.1. The molecule has 0 radical (unpaired) electrons. The average Bonchev–Trinajstić information content (AvgIpc) is 2.05. The zero-order valence-electron chi connectivity index (χ0n) is 7.29. The second kappa shape index (κ2) is 5.67. The molecule has 5 heteroatoms. The normalized spacial score (nSPS) is 12.0. The quantitative estimate of drug-likeness (QED) is 0.470. The van der Waals surface area contributed by atoms with E-state index >= 15 is 0 Å². The molecule has 0 aromatic rings. The molecule has 0 saturated heterocycles. The summed E-state index contributed by atoms with van der Waals surface area (Å²) in [5.74, 6) is 0. The van der Waals surface area contributed by atoms with Crippen molar-refractivity contribution in [3.05, 3.63) is 0 Å². The van der Waals surface area contributed by atoms with Gasteiger partial charge in [-0.05, 0) is 6.42 Å². The van der Waals surface area contributed by atoms with Gasteiger partial charge < -0.3 is 18.4 Å². The molecule has 0 atom stereocenters. The largest absolute Gasteiger partial charge is 0.497 e. The maximum Gasteiger partial charge on any atom is 0.497 e. The lowest BCUT2D eigenvalue weighted by molar-refractivity contribution is 0.0979. The Balaban J connectivity index is 3.51. The molecule has 0 rings (SSSR count). The summed E-state index contributed by atoms with van der Waals surface area (Å²) in [4.78, 5) is 0. The minimum atomic E-state index is -2.35. The standard InChI is InChI=1S/C6H16O4Si/c1-8-11(3,9-2)10-6-4-5-7/h7H,4-6H2,1-3H3. The molecule has 0 aliphatic rings. The number of aliphatic hydroxyl groups excluding tert-OH is 1. The fraction of sp³-hybridized carbons (Fsp3) is 1.00. The summed E-state index contributed by atoms with van der Waals surface area (Å²) >= 11 is 0. The third-order valence-electron chi connectivity index (χ3n) is 1.41. The van der Waals surface area contributed by atoms with Gasteiger partial charge in [0.05, 0.1) is 0 Å². The Bertz CT molecular complexity index is 94.6. The Hall–Kier alpha value is 0.0569. The van der Waals surface area contributed by atoms with Crippen molar-refractivity contribution in [2.75, 3.05) is 27.4 Å². The molecule has 0 spiro atoms. The van der Waals surface area contributed by atoms with Crippen molar-refractivity contribution in [2.24, 2.45) is 0 Å². The van der Waals surface area contributed by atoms with E-state index in [4.69, 9.17) is 18.4 Å². The number of hydrogen-bond donors (Lipinski definition) is 1. The average molecular weight is 180 g/mol. The molecule has 0 amide bonds. The Morgan fingerprint density at radius 2 is 1.82 bits per heavy atom. The van der Waals surface area contributed by atoms with Crippen LogP contribution in [0.25, 0.3) is 0 Å². The van der Waals surface area contributed by atoms with Crippen molar-refractivity contribution < 1.29 is 18.4 Å². The molecule has 4 nitrogen and oxygen atoms in total. The molecular weight excluding hydrogens is 164 g/mol. The maximum atomic E-state index is 8.46. The fourth-order valence-corrected chi connectivity index (χ4v) is 1.44. The third-order valence-corrected chi connectivity index (χ3v) is 3.62. The van der Waals surface area contributed by atoms with Crippen LogP contribution < -0.4 is 0 Å². The second-order valence-electron chi connectivity index (χ2n) is 2.20. The highest BCUT2D eigenvalue weighted by Gasteiger charge is 2.31. The van der Waals surface area contributed by atoms with E-state index in [0.717, 1.165) is 0 Å². The van der Waals surface area contributed by atoms with Crippen LogP contribution in [0.3, 0.4) is 0 Å². The van der Waals surface area contributed by atoms with Gasteiger partial charge in [-0.15, -0.1) is 0 Å². The van der Waals surface area contributed by atoms with Gasteiger partial charge in [-0.25, -0.2) is 0 Å². The molecule has 0 aromatic heterocycles. The van der Waals surface area contributed by atoms with Gasteiger partial charge >= 0.3 is 8.80 Å². The Labute approximate surface area is 68.4 Å². The molecule has 0 aromatic carbocycles. The molecule has 0 aliphatic heterocycles. The summed E-state index contributed by atoms with van der Waals surface area (Å²) in [6, 6.07) is 0. The van der Waals surface area contributed by atoms with Crippen LogP contribution in [0.15, 0.2) is 0 Å². The first-order valence-corrected chi connectivity index (χ1v) is 5.76. The summed E-state index contributed by atoms with van der Waals surface area (Å²) in [5, 5.41) is 8.46. The van der Waals surface area contributed by atoms with Crippen LogP contribution in [-0.2, 0) is 13.3 Å². The molecule has 0 heterocycles. The molecule has 0 bridgehead atoms. The van der Waals surface area contributed by atoms with E-state index < -0.39 is 8.80 Å². The number of hydrogen-bond acceptors (Lipinski definition) is 4. The van der Waals surface area contributed by atoms with E-state index in [9.17, 15) is 0 Å². The van der Waals surface area contributed by atoms with Crippen molar-refractivity contribution in [1.29, 1.82) is 0 Å². The van der Waals surface area contributed by atoms with Gasteiger partial charge in [0.2, 0.25) is 0 Å². The van der Waals surface area contributed by atoms with Gasteiger partial charge in [0.25, 0.3) is 0 Å². The minimum Gasteiger partial charge on any atom is -0.396 e. The molecular formula is C6H16O4Si. The van der Waals surface area contributed by atoms with Gasteiger partial charge in [0.15, 0.2) is 0 Å². The van der Waals surface area contributed by atoms with E-state index in [0.29, 0.717) is 13.0 Å². The van der Waals surface area contributed by atoms with Crippen molar-refractivity contribution in [2.45, 2.75) is 13.0 Å². The molecule has 0 unspecified atom stereocenters. The third kappa shape index (κ3) is 4.49. The predicted molar refractivity (Wildman–Crippen MR) is 43.3 cm³/mol. The summed E-state index contributed by atoms with van der Waals surface area (Å²) in [6.45, 7) is 2.43.